The van der Waals surface area contributed by atoms with Crippen LogP contribution in [0.15, 0.2) is 0 Å². The van der Waals surface area contributed by atoms with Crippen molar-refractivity contribution >= 4 is 29.5 Å². The Balaban J connectivity index is 1.95. The summed E-state index contributed by atoms with van der Waals surface area (Å²) >= 11 is 0. The first-order chi connectivity index (χ1) is 15.1. The molecule has 10 heteroatoms. The van der Waals surface area contributed by atoms with Crippen LogP contribution in [0.25, 0.3) is 0 Å². The van der Waals surface area contributed by atoms with Gasteiger partial charge in [-0.15, -0.1) is 0 Å². The summed E-state index contributed by atoms with van der Waals surface area (Å²) in [4.78, 5) is 68.1. The molecule has 3 aliphatic rings. The molecule has 0 aliphatic carbocycles. The van der Waals surface area contributed by atoms with Crippen molar-refractivity contribution in [3.63, 3.8) is 0 Å². The zero-order valence-electron chi connectivity index (χ0n) is 19.3. The number of fused-ring (bicyclic) bond motifs is 2. The lowest BCUT2D eigenvalue weighted by Gasteiger charge is -2.33. The smallest absolute Gasteiger partial charge is 0.246 e. The van der Waals surface area contributed by atoms with Crippen molar-refractivity contribution in [3.05, 3.63) is 0 Å². The molecule has 0 radical (unpaired) electrons. The molecule has 3 N–H and O–H groups in total. The van der Waals surface area contributed by atoms with Crippen molar-refractivity contribution in [2.24, 2.45) is 11.8 Å². The number of hydrogen-bond donors (Lipinski definition) is 3. The van der Waals surface area contributed by atoms with Crippen molar-refractivity contribution in [1.82, 2.24) is 25.8 Å². The van der Waals surface area contributed by atoms with Gasteiger partial charge in [-0.25, -0.2) is 0 Å². The lowest BCUT2D eigenvalue weighted by atomic mass is 10.0. The van der Waals surface area contributed by atoms with E-state index >= 15 is 0 Å². The van der Waals surface area contributed by atoms with Crippen molar-refractivity contribution in [3.8, 4) is 0 Å². The molecule has 3 aliphatic heterocycles. The topological polar surface area (TPSA) is 128 Å². The zero-order chi connectivity index (χ0) is 23.6. The minimum Gasteiger partial charge on any atom is -0.345 e. The molecule has 5 amide bonds. The lowest BCUT2D eigenvalue weighted by molar-refractivity contribution is -0.144. The molecule has 4 atom stereocenters. The molecule has 178 valence electrons. The Labute approximate surface area is 188 Å². The molecule has 3 heterocycles. The van der Waals surface area contributed by atoms with E-state index in [9.17, 15) is 24.0 Å². The van der Waals surface area contributed by atoms with Gasteiger partial charge in [0.1, 0.15) is 24.2 Å². The summed E-state index contributed by atoms with van der Waals surface area (Å²) in [6, 6.07) is -2.96. The predicted molar refractivity (Wildman–Crippen MR) is 116 cm³/mol. The van der Waals surface area contributed by atoms with E-state index in [1.165, 1.54) is 9.80 Å². The van der Waals surface area contributed by atoms with E-state index in [4.69, 9.17) is 0 Å². The summed E-state index contributed by atoms with van der Waals surface area (Å²) in [5.74, 6) is -2.26. The van der Waals surface area contributed by atoms with Crippen LogP contribution in [0.4, 0.5) is 0 Å². The number of hydrogen-bond acceptors (Lipinski definition) is 5. The number of nitrogens with one attached hydrogen (secondary N) is 3. The Morgan fingerprint density at radius 2 is 1.19 bits per heavy atom. The van der Waals surface area contributed by atoms with E-state index in [0.29, 0.717) is 38.8 Å². The second-order valence-electron chi connectivity index (χ2n) is 9.62. The number of carbonyl (C=O) groups is 5. The Morgan fingerprint density at radius 3 is 1.69 bits per heavy atom. The van der Waals surface area contributed by atoms with Crippen LogP contribution in [-0.2, 0) is 24.0 Å². The van der Waals surface area contributed by atoms with Crippen LogP contribution in [0.1, 0.15) is 53.4 Å². The Kier molecular flexibility index (Phi) is 7.40. The van der Waals surface area contributed by atoms with Crippen LogP contribution in [-0.4, -0.2) is 83.1 Å². The van der Waals surface area contributed by atoms with Gasteiger partial charge in [-0.3, -0.25) is 24.0 Å². The largest absolute Gasteiger partial charge is 0.345 e. The van der Waals surface area contributed by atoms with Gasteiger partial charge in [0.05, 0.1) is 6.54 Å². The fourth-order valence-electron chi connectivity index (χ4n) is 4.75. The first-order valence-electron chi connectivity index (χ1n) is 11.6. The van der Waals surface area contributed by atoms with Crippen molar-refractivity contribution < 1.29 is 24.0 Å². The molecule has 0 spiro atoms. The minimum absolute atomic E-state index is 0.191. The van der Waals surface area contributed by atoms with Crippen LogP contribution in [0.5, 0.6) is 0 Å². The SMILES string of the molecule is CC(C)C1NC(=O)CNC(=O)C2CCCN2C(=O)C(C(C)C)NC(=O)C2CCCN2C1=O. The Morgan fingerprint density at radius 1 is 0.719 bits per heavy atom. The van der Waals surface area contributed by atoms with Gasteiger partial charge in [0.15, 0.2) is 0 Å². The van der Waals surface area contributed by atoms with Crippen LogP contribution < -0.4 is 16.0 Å². The fourth-order valence-corrected chi connectivity index (χ4v) is 4.75. The van der Waals surface area contributed by atoms with Gasteiger partial charge in [-0.1, -0.05) is 27.7 Å². The zero-order valence-corrected chi connectivity index (χ0v) is 19.3. The summed E-state index contributed by atoms with van der Waals surface area (Å²) in [6.07, 6.45) is 2.35. The van der Waals surface area contributed by atoms with Gasteiger partial charge in [-0.2, -0.15) is 0 Å². The lowest BCUT2D eigenvalue weighted by Crippen LogP contribution is -2.58. The maximum Gasteiger partial charge on any atom is 0.246 e. The fraction of sp³-hybridized carbons (Fsp3) is 0.773. The summed E-state index contributed by atoms with van der Waals surface area (Å²) in [7, 11) is 0. The molecule has 10 nitrogen and oxygen atoms in total. The molecule has 0 aromatic heterocycles. The Hall–Kier alpha value is -2.65. The summed E-state index contributed by atoms with van der Waals surface area (Å²) in [5.41, 5.74) is 0. The molecule has 3 saturated heterocycles. The second-order valence-corrected chi connectivity index (χ2v) is 9.62. The number of carbonyl (C=O) groups excluding carboxylic acids is 5. The van der Waals surface area contributed by atoms with Crippen LogP contribution in [0.2, 0.25) is 0 Å². The van der Waals surface area contributed by atoms with Gasteiger partial charge >= 0.3 is 0 Å². The second kappa shape index (κ2) is 9.87. The maximum atomic E-state index is 13.3. The Bertz CT molecular complexity index is 783. The van der Waals surface area contributed by atoms with E-state index in [2.05, 4.69) is 16.0 Å². The van der Waals surface area contributed by atoms with Gasteiger partial charge in [0, 0.05) is 13.1 Å². The number of nitrogens with zero attached hydrogens (tertiary/aromatic N) is 2. The van der Waals surface area contributed by atoms with Gasteiger partial charge in [-0.05, 0) is 37.5 Å². The van der Waals surface area contributed by atoms with Crippen molar-refractivity contribution in [2.45, 2.75) is 77.5 Å². The third-order valence-corrected chi connectivity index (χ3v) is 6.58. The van der Waals surface area contributed by atoms with Crippen molar-refractivity contribution in [2.75, 3.05) is 19.6 Å². The summed E-state index contributed by atoms with van der Waals surface area (Å²) in [5, 5.41) is 8.20. The van der Waals surface area contributed by atoms with E-state index in [1.807, 2.05) is 27.7 Å². The van der Waals surface area contributed by atoms with Crippen LogP contribution >= 0.6 is 0 Å². The monoisotopic (exact) mass is 449 g/mol. The molecule has 0 aromatic rings. The summed E-state index contributed by atoms with van der Waals surface area (Å²) in [6.45, 7) is 7.90. The van der Waals surface area contributed by atoms with Crippen molar-refractivity contribution in [1.29, 1.82) is 0 Å². The predicted octanol–water partition coefficient (Wildman–Crippen LogP) is -0.620. The van der Waals surface area contributed by atoms with Crippen LogP contribution in [0, 0.1) is 11.8 Å². The van der Waals surface area contributed by atoms with E-state index < -0.39 is 36.0 Å². The van der Waals surface area contributed by atoms with E-state index in [-0.39, 0.29) is 36.1 Å². The molecule has 4 unspecified atom stereocenters. The molecule has 3 rings (SSSR count). The normalized spacial score (nSPS) is 30.5. The number of rotatable bonds is 2. The highest BCUT2D eigenvalue weighted by atomic mass is 16.2. The molecule has 3 fully saturated rings. The summed E-state index contributed by atoms with van der Waals surface area (Å²) < 4.78 is 0. The highest BCUT2D eigenvalue weighted by Crippen LogP contribution is 2.23. The standard InChI is InChI=1S/C22H35N5O5/c1-12(2)17-21(31)27-10-6-8-15(27)20(30)25-18(13(3)4)22(32)26-9-5-7-14(26)19(29)23-11-16(28)24-17/h12-15,17-18H,5-11H2,1-4H3,(H,23,29)(H,24,28)(H,25,30). The molecule has 0 aromatic carbocycles. The molecular formula is C22H35N5O5. The highest BCUT2D eigenvalue weighted by Gasteiger charge is 2.43. The van der Waals surface area contributed by atoms with E-state index in [0.717, 1.165) is 0 Å². The third kappa shape index (κ3) is 4.88. The van der Waals surface area contributed by atoms with Gasteiger partial charge in [0.25, 0.3) is 0 Å². The minimum atomic E-state index is -0.802. The molecule has 0 bridgehead atoms. The molecular weight excluding hydrogens is 414 g/mol. The van der Waals surface area contributed by atoms with E-state index in [1.54, 1.807) is 0 Å². The van der Waals surface area contributed by atoms with Crippen LogP contribution in [0.3, 0.4) is 0 Å². The van der Waals surface area contributed by atoms with Gasteiger partial charge < -0.3 is 25.8 Å². The average Bonchev–Trinajstić information content (AvgIpc) is 3.41. The highest BCUT2D eigenvalue weighted by molar-refractivity contribution is 5.97. The quantitative estimate of drug-likeness (QED) is 0.518. The number of amides is 5. The van der Waals surface area contributed by atoms with Gasteiger partial charge in [0.2, 0.25) is 29.5 Å². The first kappa shape index (κ1) is 24.0. The molecule has 32 heavy (non-hydrogen) atoms. The first-order valence-corrected chi connectivity index (χ1v) is 11.6. The maximum absolute atomic E-state index is 13.3. The molecule has 0 saturated carbocycles. The third-order valence-electron chi connectivity index (χ3n) is 6.58. The average molecular weight is 450 g/mol.